The summed E-state index contributed by atoms with van der Waals surface area (Å²) in [6.45, 7) is 1.96. The van der Waals surface area contributed by atoms with Crippen LogP contribution in [0.2, 0.25) is 0 Å². The molecule has 2 aromatic carbocycles. The van der Waals surface area contributed by atoms with Gasteiger partial charge in [-0.25, -0.2) is 9.18 Å². The van der Waals surface area contributed by atoms with Gasteiger partial charge in [-0.1, -0.05) is 52.3 Å². The van der Waals surface area contributed by atoms with Gasteiger partial charge in [0.2, 0.25) is 0 Å². The van der Waals surface area contributed by atoms with Gasteiger partial charge in [0.25, 0.3) is 0 Å². The topological polar surface area (TPSA) is 49.3 Å². The number of carbonyl (C=O) groups is 1. The van der Waals surface area contributed by atoms with Gasteiger partial charge in [0.1, 0.15) is 11.4 Å². The van der Waals surface area contributed by atoms with E-state index in [1.165, 1.54) is 18.2 Å². The Bertz CT molecular complexity index is 648. The second-order valence-corrected chi connectivity index (χ2v) is 5.75. The summed E-state index contributed by atoms with van der Waals surface area (Å²) < 4.78 is 13.6. The molecule has 0 saturated heterocycles. The van der Waals surface area contributed by atoms with E-state index in [9.17, 15) is 14.3 Å². The summed E-state index contributed by atoms with van der Waals surface area (Å²) in [7, 11) is 0. The molecule has 2 aromatic rings. The molecule has 0 radical (unpaired) electrons. The molecule has 5 heteroatoms. The first kappa shape index (κ1) is 15.7. The first-order valence-corrected chi connectivity index (χ1v) is 7.20. The second kappa shape index (κ2) is 6.37. The maximum atomic E-state index is 13.2. The van der Waals surface area contributed by atoms with Gasteiger partial charge in [0.15, 0.2) is 0 Å². The molecule has 0 aromatic heterocycles. The van der Waals surface area contributed by atoms with Crippen molar-refractivity contribution in [2.45, 2.75) is 19.0 Å². The molecule has 0 aliphatic carbocycles. The zero-order valence-electron chi connectivity index (χ0n) is 11.4. The fourth-order valence-corrected chi connectivity index (χ4v) is 2.80. The van der Waals surface area contributed by atoms with Crippen LogP contribution in [0.25, 0.3) is 0 Å². The molecule has 2 N–H and O–H groups in total. The molecule has 0 amide bonds. The maximum absolute atomic E-state index is 13.2. The predicted molar refractivity (Wildman–Crippen MR) is 82.4 cm³/mol. The van der Waals surface area contributed by atoms with E-state index in [4.69, 9.17) is 0 Å². The Morgan fingerprint density at radius 1 is 1.29 bits per heavy atom. The minimum atomic E-state index is -1.32. The van der Waals surface area contributed by atoms with Crippen molar-refractivity contribution >= 4 is 21.9 Å². The first-order valence-electron chi connectivity index (χ1n) is 6.41. The number of hydrogen-bond acceptors (Lipinski definition) is 2. The van der Waals surface area contributed by atoms with Crippen LogP contribution in [0.15, 0.2) is 53.0 Å². The van der Waals surface area contributed by atoms with Crippen LogP contribution in [0.5, 0.6) is 0 Å². The summed E-state index contributed by atoms with van der Waals surface area (Å²) in [5.74, 6) is -1.44. The van der Waals surface area contributed by atoms with Crippen LogP contribution in [0.1, 0.15) is 18.1 Å². The number of hydrogen-bond donors (Lipinski definition) is 2. The highest BCUT2D eigenvalue weighted by Gasteiger charge is 2.36. The lowest BCUT2D eigenvalue weighted by molar-refractivity contribution is -0.144. The Morgan fingerprint density at radius 3 is 2.52 bits per heavy atom. The minimum absolute atomic E-state index is 0.396. The molecule has 110 valence electrons. The monoisotopic (exact) mass is 351 g/mol. The van der Waals surface area contributed by atoms with Crippen molar-refractivity contribution in [1.29, 1.82) is 0 Å². The molecular formula is C16H15BrFNO2. The second-order valence-electron chi connectivity index (χ2n) is 4.89. The van der Waals surface area contributed by atoms with Crippen LogP contribution in [0.3, 0.4) is 0 Å². The van der Waals surface area contributed by atoms with E-state index in [1.807, 2.05) is 30.3 Å². The highest BCUT2D eigenvalue weighted by molar-refractivity contribution is 9.10. The molecular weight excluding hydrogens is 337 g/mol. The number of carboxylic acids is 1. The summed E-state index contributed by atoms with van der Waals surface area (Å²) in [5, 5.41) is 12.6. The Morgan fingerprint density at radius 2 is 1.95 bits per heavy atom. The van der Waals surface area contributed by atoms with Crippen molar-refractivity contribution in [3.63, 3.8) is 0 Å². The van der Waals surface area contributed by atoms with E-state index < -0.39 is 17.3 Å². The molecule has 0 bridgehead atoms. The highest BCUT2D eigenvalue weighted by Crippen LogP contribution is 2.29. The SMILES string of the molecule is CC(NCc1ccccc1)(C(=O)O)c1ccc(F)cc1Br. The lowest BCUT2D eigenvalue weighted by atomic mass is 9.91. The zero-order chi connectivity index (χ0) is 15.5. The molecule has 2 rings (SSSR count). The van der Waals surface area contributed by atoms with Gasteiger partial charge < -0.3 is 5.11 Å². The van der Waals surface area contributed by atoms with Gasteiger partial charge >= 0.3 is 5.97 Å². The summed E-state index contributed by atoms with van der Waals surface area (Å²) >= 11 is 3.23. The van der Waals surface area contributed by atoms with E-state index in [1.54, 1.807) is 6.92 Å². The fraction of sp³-hybridized carbons (Fsp3) is 0.188. The zero-order valence-corrected chi connectivity index (χ0v) is 13.0. The first-order chi connectivity index (χ1) is 9.93. The van der Waals surface area contributed by atoms with Crippen molar-refractivity contribution in [2.24, 2.45) is 0 Å². The normalized spacial score (nSPS) is 13.7. The third-order valence-electron chi connectivity index (χ3n) is 3.39. The van der Waals surface area contributed by atoms with Crippen LogP contribution < -0.4 is 5.32 Å². The molecule has 0 heterocycles. The van der Waals surface area contributed by atoms with Gasteiger partial charge in [-0.05, 0) is 30.2 Å². The van der Waals surface area contributed by atoms with Gasteiger partial charge in [-0.3, -0.25) is 5.32 Å². The Labute approximate surface area is 130 Å². The van der Waals surface area contributed by atoms with E-state index in [0.717, 1.165) is 5.56 Å². The van der Waals surface area contributed by atoms with Crippen LogP contribution in [-0.4, -0.2) is 11.1 Å². The summed E-state index contributed by atoms with van der Waals surface area (Å²) in [6, 6.07) is 13.5. The average Bonchev–Trinajstić information content (AvgIpc) is 2.45. The fourth-order valence-electron chi connectivity index (χ4n) is 2.06. The average molecular weight is 352 g/mol. The van der Waals surface area contributed by atoms with E-state index in [0.29, 0.717) is 16.6 Å². The van der Waals surface area contributed by atoms with Crippen LogP contribution in [0.4, 0.5) is 4.39 Å². The number of benzene rings is 2. The summed E-state index contributed by atoms with van der Waals surface area (Å²) in [5.41, 5.74) is 0.137. The molecule has 0 aliphatic heterocycles. The van der Waals surface area contributed by atoms with Gasteiger partial charge in [-0.15, -0.1) is 0 Å². The van der Waals surface area contributed by atoms with Crippen molar-refractivity contribution in [3.05, 3.63) is 69.9 Å². The molecule has 1 atom stereocenters. The quantitative estimate of drug-likeness (QED) is 0.863. The predicted octanol–water partition coefficient (Wildman–Crippen LogP) is 3.68. The van der Waals surface area contributed by atoms with Crippen molar-refractivity contribution in [1.82, 2.24) is 5.32 Å². The molecule has 21 heavy (non-hydrogen) atoms. The standard InChI is InChI=1S/C16H15BrFNO2/c1-16(15(20)21,13-8-7-12(18)9-14(13)17)19-10-11-5-3-2-4-6-11/h2-9,19H,10H2,1H3,(H,20,21). The third-order valence-corrected chi connectivity index (χ3v) is 4.04. The number of halogens is 2. The van der Waals surface area contributed by atoms with E-state index in [-0.39, 0.29) is 0 Å². The number of aliphatic carboxylic acids is 1. The van der Waals surface area contributed by atoms with Crippen molar-refractivity contribution in [2.75, 3.05) is 0 Å². The van der Waals surface area contributed by atoms with Gasteiger partial charge in [-0.2, -0.15) is 0 Å². The molecule has 0 aliphatic rings. The third kappa shape index (κ3) is 3.49. The van der Waals surface area contributed by atoms with Gasteiger partial charge in [0, 0.05) is 11.0 Å². The van der Waals surface area contributed by atoms with Gasteiger partial charge in [0.05, 0.1) is 0 Å². The lowest BCUT2D eigenvalue weighted by Crippen LogP contribution is -2.46. The molecule has 1 unspecified atom stereocenters. The van der Waals surface area contributed by atoms with Crippen molar-refractivity contribution < 1.29 is 14.3 Å². The maximum Gasteiger partial charge on any atom is 0.328 e. The Balaban J connectivity index is 2.30. The molecule has 0 fully saturated rings. The number of carboxylic acid groups (broad SMARTS) is 1. The van der Waals surface area contributed by atoms with Crippen LogP contribution >= 0.6 is 15.9 Å². The highest BCUT2D eigenvalue weighted by atomic mass is 79.9. The Hall–Kier alpha value is -1.72. The van der Waals surface area contributed by atoms with E-state index >= 15 is 0 Å². The lowest BCUT2D eigenvalue weighted by Gasteiger charge is -2.28. The van der Waals surface area contributed by atoms with Crippen LogP contribution in [-0.2, 0) is 16.9 Å². The number of rotatable bonds is 5. The molecule has 0 spiro atoms. The number of nitrogens with one attached hydrogen (secondary N) is 1. The Kier molecular flexibility index (Phi) is 4.75. The summed E-state index contributed by atoms with van der Waals surface area (Å²) in [4.78, 5) is 11.7. The molecule has 0 saturated carbocycles. The molecule has 3 nitrogen and oxygen atoms in total. The van der Waals surface area contributed by atoms with Crippen LogP contribution in [0, 0.1) is 5.82 Å². The van der Waals surface area contributed by atoms with Crippen molar-refractivity contribution in [3.8, 4) is 0 Å². The largest absolute Gasteiger partial charge is 0.480 e. The van der Waals surface area contributed by atoms with E-state index in [2.05, 4.69) is 21.2 Å². The smallest absolute Gasteiger partial charge is 0.328 e. The minimum Gasteiger partial charge on any atom is -0.480 e. The summed E-state index contributed by atoms with van der Waals surface area (Å²) in [6.07, 6.45) is 0.